The molecular formula is C70H131NO8P+. The maximum absolute atomic E-state index is 12.8. The minimum Gasteiger partial charge on any atom is -0.462 e. The molecule has 0 aliphatic heterocycles. The average Bonchev–Trinajstić information content (AvgIpc) is 3.42. The van der Waals surface area contributed by atoms with Gasteiger partial charge in [0.05, 0.1) is 27.7 Å². The first-order valence-corrected chi connectivity index (χ1v) is 35.5. The number of rotatable bonds is 63. The molecule has 0 radical (unpaired) electrons. The summed E-state index contributed by atoms with van der Waals surface area (Å²) in [6, 6.07) is 0. The van der Waals surface area contributed by atoms with Crippen LogP contribution >= 0.6 is 7.82 Å². The summed E-state index contributed by atoms with van der Waals surface area (Å²) in [7, 11) is 1.48. The van der Waals surface area contributed by atoms with Crippen molar-refractivity contribution in [3.8, 4) is 0 Å². The molecule has 0 amide bonds. The first kappa shape index (κ1) is 77.7. The van der Waals surface area contributed by atoms with Gasteiger partial charge in [-0.2, -0.15) is 0 Å². The monoisotopic (exact) mass is 1140 g/mol. The van der Waals surface area contributed by atoms with Crippen LogP contribution in [-0.4, -0.2) is 74.9 Å². The first-order chi connectivity index (χ1) is 39.0. The molecule has 2 unspecified atom stereocenters. The minimum absolute atomic E-state index is 0.0285. The Morgan fingerprint density at radius 3 is 1.06 bits per heavy atom. The van der Waals surface area contributed by atoms with Crippen LogP contribution in [0.1, 0.15) is 322 Å². The lowest BCUT2D eigenvalue weighted by atomic mass is 10.0. The fourth-order valence-corrected chi connectivity index (χ4v) is 10.6. The number of phosphoric acid groups is 1. The zero-order chi connectivity index (χ0) is 58.4. The van der Waals surface area contributed by atoms with Gasteiger partial charge >= 0.3 is 19.8 Å². The summed E-state index contributed by atoms with van der Waals surface area (Å²) in [6.07, 6.45) is 80.5. The molecule has 2 atom stereocenters. The van der Waals surface area contributed by atoms with Gasteiger partial charge in [0, 0.05) is 12.8 Å². The van der Waals surface area contributed by atoms with Crippen LogP contribution in [0.25, 0.3) is 0 Å². The number of nitrogens with zero attached hydrogens (tertiary/aromatic N) is 1. The van der Waals surface area contributed by atoms with Crippen molar-refractivity contribution in [2.45, 2.75) is 328 Å². The van der Waals surface area contributed by atoms with Gasteiger partial charge in [-0.05, 0) is 57.8 Å². The number of esters is 2. The summed E-state index contributed by atoms with van der Waals surface area (Å²) in [5.74, 6) is -0.798. The van der Waals surface area contributed by atoms with Crippen LogP contribution in [0.2, 0.25) is 0 Å². The van der Waals surface area contributed by atoms with E-state index in [9.17, 15) is 19.0 Å². The van der Waals surface area contributed by atoms with Gasteiger partial charge in [-0.15, -0.1) is 0 Å². The summed E-state index contributed by atoms with van der Waals surface area (Å²) in [6.45, 7) is 4.35. The number of hydrogen-bond acceptors (Lipinski definition) is 7. The lowest BCUT2D eigenvalue weighted by Gasteiger charge is -2.24. The zero-order valence-corrected chi connectivity index (χ0v) is 54.2. The Morgan fingerprint density at radius 2 is 0.713 bits per heavy atom. The highest BCUT2D eigenvalue weighted by molar-refractivity contribution is 7.47. The second-order valence-corrected chi connectivity index (χ2v) is 25.6. The second kappa shape index (κ2) is 61.3. The van der Waals surface area contributed by atoms with Crippen molar-refractivity contribution in [1.82, 2.24) is 0 Å². The highest BCUT2D eigenvalue weighted by atomic mass is 31.2. The molecule has 0 aliphatic carbocycles. The van der Waals surface area contributed by atoms with E-state index in [-0.39, 0.29) is 32.0 Å². The molecule has 0 bridgehead atoms. The Balaban J connectivity index is 4.01. The van der Waals surface area contributed by atoms with Crippen LogP contribution < -0.4 is 0 Å². The van der Waals surface area contributed by atoms with Gasteiger partial charge in [-0.25, -0.2) is 4.57 Å². The largest absolute Gasteiger partial charge is 0.472 e. The van der Waals surface area contributed by atoms with Crippen molar-refractivity contribution in [3.63, 3.8) is 0 Å². The molecule has 0 spiro atoms. The molecular weight excluding hydrogens is 1010 g/mol. The van der Waals surface area contributed by atoms with E-state index in [1.54, 1.807) is 0 Å². The molecule has 1 N–H and O–H groups in total. The number of carbonyl (C=O) groups excluding carboxylic acids is 2. The van der Waals surface area contributed by atoms with Crippen molar-refractivity contribution >= 4 is 19.8 Å². The third-order valence-electron chi connectivity index (χ3n) is 15.1. The molecule has 0 fully saturated rings. The van der Waals surface area contributed by atoms with Crippen molar-refractivity contribution in [3.05, 3.63) is 60.8 Å². The standard InChI is InChI=1S/C70H130NO8P/c1-6-8-10-12-14-16-18-20-22-24-26-28-30-31-32-33-34-35-36-37-38-39-41-42-44-46-48-50-52-54-56-58-60-62-69(72)76-66-68(67-78-80(74,75)77-65-64-71(3,4)5)79-70(73)63-61-59-57-55-53-51-49-47-45-43-40-29-27-25-23-21-19-17-15-13-11-9-7-2/h9,11,15,17,21,23,27,29,43,45,68H,6-8,10,12-14,16,18-20,22,24-26,28,30-42,44,46-67H2,1-5H3/p+1/b11-9-,17-15-,23-21-,29-27-,45-43-. The van der Waals surface area contributed by atoms with Crippen molar-refractivity contribution in [2.75, 3.05) is 47.5 Å². The predicted octanol–water partition coefficient (Wildman–Crippen LogP) is 21.8. The van der Waals surface area contributed by atoms with Crippen LogP contribution in [0.5, 0.6) is 0 Å². The van der Waals surface area contributed by atoms with E-state index in [1.807, 2.05) is 21.1 Å². The Bertz CT molecular complexity index is 1530. The second-order valence-electron chi connectivity index (χ2n) is 24.2. The number of unbranched alkanes of at least 4 members (excludes halogenated alkanes) is 39. The van der Waals surface area contributed by atoms with E-state index < -0.39 is 26.5 Å². The quantitative estimate of drug-likeness (QED) is 0.0211. The topological polar surface area (TPSA) is 108 Å². The van der Waals surface area contributed by atoms with Crippen LogP contribution in [-0.2, 0) is 32.7 Å². The molecule has 0 aromatic heterocycles. The first-order valence-electron chi connectivity index (χ1n) is 34.0. The summed E-state index contributed by atoms with van der Waals surface area (Å²) in [4.78, 5) is 35.8. The van der Waals surface area contributed by atoms with Crippen LogP contribution in [0.3, 0.4) is 0 Å². The van der Waals surface area contributed by atoms with Crippen molar-refractivity contribution in [2.24, 2.45) is 0 Å². The smallest absolute Gasteiger partial charge is 0.462 e. The number of carbonyl (C=O) groups is 2. The van der Waals surface area contributed by atoms with Crippen molar-refractivity contribution < 1.29 is 42.1 Å². The van der Waals surface area contributed by atoms with Gasteiger partial charge in [0.2, 0.25) is 0 Å². The molecule has 9 nitrogen and oxygen atoms in total. The molecule has 0 rings (SSSR count). The van der Waals surface area contributed by atoms with E-state index in [2.05, 4.69) is 74.6 Å². The molecule has 468 valence electrons. The van der Waals surface area contributed by atoms with Crippen molar-refractivity contribution in [1.29, 1.82) is 0 Å². The van der Waals surface area contributed by atoms with Crippen LogP contribution in [0.15, 0.2) is 60.8 Å². The van der Waals surface area contributed by atoms with E-state index in [0.717, 1.165) is 77.0 Å². The lowest BCUT2D eigenvalue weighted by Crippen LogP contribution is -2.37. The van der Waals surface area contributed by atoms with Gasteiger partial charge in [-0.3, -0.25) is 18.6 Å². The van der Waals surface area contributed by atoms with E-state index in [1.165, 1.54) is 212 Å². The number of hydrogen-bond donors (Lipinski definition) is 1. The average molecular weight is 1150 g/mol. The van der Waals surface area contributed by atoms with E-state index >= 15 is 0 Å². The maximum atomic E-state index is 12.8. The van der Waals surface area contributed by atoms with Crippen LogP contribution in [0, 0.1) is 0 Å². The van der Waals surface area contributed by atoms with Gasteiger partial charge < -0.3 is 18.9 Å². The third-order valence-corrected chi connectivity index (χ3v) is 16.0. The Hall–Kier alpha value is -2.29. The number of phosphoric ester groups is 1. The number of ether oxygens (including phenoxy) is 2. The number of quaternary nitrogens is 1. The number of allylic oxidation sites excluding steroid dienone is 10. The fraction of sp³-hybridized carbons (Fsp3) is 0.829. The van der Waals surface area contributed by atoms with E-state index in [4.69, 9.17) is 18.5 Å². The Morgan fingerprint density at radius 1 is 0.400 bits per heavy atom. The normalized spacial score (nSPS) is 13.5. The summed E-state index contributed by atoms with van der Waals surface area (Å²) >= 11 is 0. The molecule has 0 aromatic rings. The SMILES string of the molecule is CC/C=C\C/C=C\C/C=C\C/C=C\C/C=C\CCCCCCCCCC(=O)OC(COC(=O)CCCCCCCCCCCCCCCCCCCCCCCCCCCCCCCCCCC)COP(=O)(O)OCC[N+](C)(C)C. The predicted molar refractivity (Wildman–Crippen MR) is 344 cm³/mol. The lowest BCUT2D eigenvalue weighted by molar-refractivity contribution is -0.870. The highest BCUT2D eigenvalue weighted by Crippen LogP contribution is 2.43. The molecule has 0 saturated heterocycles. The minimum atomic E-state index is -4.39. The molecule has 10 heteroatoms. The molecule has 0 aromatic carbocycles. The zero-order valence-electron chi connectivity index (χ0n) is 53.3. The number of likely N-dealkylation sites (N-methyl/N-ethyl adjacent to an activating group) is 1. The molecule has 0 aliphatic rings. The van der Waals surface area contributed by atoms with Crippen LogP contribution in [0.4, 0.5) is 0 Å². The molecule has 80 heavy (non-hydrogen) atoms. The molecule has 0 heterocycles. The van der Waals surface area contributed by atoms with E-state index in [0.29, 0.717) is 17.4 Å². The van der Waals surface area contributed by atoms with Gasteiger partial charge in [-0.1, -0.05) is 312 Å². The summed E-state index contributed by atoms with van der Waals surface area (Å²) < 4.78 is 34.7. The Kier molecular flexibility index (Phi) is 59.5. The highest BCUT2D eigenvalue weighted by Gasteiger charge is 2.27. The van der Waals surface area contributed by atoms with Gasteiger partial charge in [0.25, 0.3) is 0 Å². The molecule has 0 saturated carbocycles. The summed E-state index contributed by atoms with van der Waals surface area (Å²) in [5.41, 5.74) is 0. The fourth-order valence-electron chi connectivity index (χ4n) is 9.87. The Labute approximate surface area is 496 Å². The third kappa shape index (κ3) is 64.9. The summed E-state index contributed by atoms with van der Waals surface area (Å²) in [5, 5.41) is 0. The van der Waals surface area contributed by atoms with Gasteiger partial charge in [0.1, 0.15) is 19.8 Å². The maximum Gasteiger partial charge on any atom is 0.472 e. The van der Waals surface area contributed by atoms with Gasteiger partial charge in [0.15, 0.2) is 6.10 Å².